The maximum Gasteiger partial charge on any atom is 0.0916 e. The fourth-order valence-corrected chi connectivity index (χ4v) is 0.437. The number of nitrogens with two attached hydrogens (primary N) is 2. The number of rotatable bonds is 4. The van der Waals surface area contributed by atoms with Crippen molar-refractivity contribution in [1.82, 2.24) is 5.32 Å². The Hall–Kier alpha value is -0.700. The van der Waals surface area contributed by atoms with Gasteiger partial charge in [0, 0.05) is 6.54 Å². The van der Waals surface area contributed by atoms with E-state index in [1.54, 1.807) is 0 Å². The molecule has 0 saturated carbocycles. The zero-order chi connectivity index (χ0) is 7.11. The van der Waals surface area contributed by atoms with E-state index in [9.17, 15) is 0 Å². The highest BCUT2D eigenvalue weighted by Crippen LogP contribution is 1.76. The summed E-state index contributed by atoms with van der Waals surface area (Å²) < 4.78 is 0. The molecule has 3 heteroatoms. The molecule has 0 rings (SSSR count). The molecule has 5 N–H and O–H groups in total. The SMILES string of the molecule is C/C=C(\N)NCCCN. The summed E-state index contributed by atoms with van der Waals surface area (Å²) in [5, 5.41) is 2.99. The van der Waals surface area contributed by atoms with E-state index in [2.05, 4.69) is 5.32 Å². The zero-order valence-electron chi connectivity index (χ0n) is 5.85. The average Bonchev–Trinajstić information content (AvgIpc) is 1.89. The van der Waals surface area contributed by atoms with Crippen LogP contribution in [0.5, 0.6) is 0 Å². The molecule has 0 radical (unpaired) electrons. The first-order valence-corrected chi connectivity index (χ1v) is 3.17. The van der Waals surface area contributed by atoms with Crippen molar-refractivity contribution in [1.29, 1.82) is 0 Å². The standard InChI is InChI=1S/C6H15N3/c1-2-6(8)9-5-3-4-7/h2,9H,3-5,7-8H2,1H3/b6-2+. The van der Waals surface area contributed by atoms with E-state index in [0.717, 1.165) is 18.8 Å². The molecule has 0 aromatic carbocycles. The first kappa shape index (κ1) is 8.30. The Bertz CT molecular complexity index is 88.3. The molecule has 0 atom stereocenters. The van der Waals surface area contributed by atoms with Crippen LogP contribution in [0.3, 0.4) is 0 Å². The van der Waals surface area contributed by atoms with E-state index in [0.29, 0.717) is 6.54 Å². The Morgan fingerprint density at radius 2 is 2.33 bits per heavy atom. The van der Waals surface area contributed by atoms with Gasteiger partial charge in [-0.15, -0.1) is 0 Å². The van der Waals surface area contributed by atoms with Crippen molar-refractivity contribution in [3.8, 4) is 0 Å². The molecule has 0 fully saturated rings. The lowest BCUT2D eigenvalue weighted by Gasteiger charge is -2.02. The summed E-state index contributed by atoms with van der Waals surface area (Å²) >= 11 is 0. The van der Waals surface area contributed by atoms with Gasteiger partial charge < -0.3 is 16.8 Å². The minimum absolute atomic E-state index is 0.712. The minimum Gasteiger partial charge on any atom is -0.386 e. The lowest BCUT2D eigenvalue weighted by atomic mass is 10.4. The van der Waals surface area contributed by atoms with Crippen LogP contribution in [-0.4, -0.2) is 13.1 Å². The quantitative estimate of drug-likeness (QED) is 0.458. The van der Waals surface area contributed by atoms with Crippen molar-refractivity contribution < 1.29 is 0 Å². The molecule has 9 heavy (non-hydrogen) atoms. The summed E-state index contributed by atoms with van der Waals surface area (Å²) in [6.07, 6.45) is 2.80. The van der Waals surface area contributed by atoms with Crippen LogP contribution in [0.15, 0.2) is 11.9 Å². The second-order valence-corrected chi connectivity index (χ2v) is 1.81. The van der Waals surface area contributed by atoms with Gasteiger partial charge in [0.15, 0.2) is 0 Å². The maximum absolute atomic E-state index is 5.42. The van der Waals surface area contributed by atoms with Gasteiger partial charge in [0.05, 0.1) is 5.82 Å². The van der Waals surface area contributed by atoms with Crippen molar-refractivity contribution in [2.45, 2.75) is 13.3 Å². The van der Waals surface area contributed by atoms with Gasteiger partial charge in [-0.2, -0.15) is 0 Å². The zero-order valence-corrected chi connectivity index (χ0v) is 5.85. The summed E-state index contributed by atoms with van der Waals surface area (Å²) in [5.41, 5.74) is 10.7. The molecule has 0 aliphatic rings. The maximum atomic E-state index is 5.42. The molecule has 3 nitrogen and oxygen atoms in total. The first-order chi connectivity index (χ1) is 4.31. The number of hydrogen-bond donors (Lipinski definition) is 3. The van der Waals surface area contributed by atoms with E-state index in [-0.39, 0.29) is 0 Å². The smallest absolute Gasteiger partial charge is 0.0916 e. The van der Waals surface area contributed by atoms with E-state index in [4.69, 9.17) is 11.5 Å². The predicted molar refractivity (Wildman–Crippen MR) is 39.6 cm³/mol. The molecule has 0 saturated heterocycles. The third kappa shape index (κ3) is 5.17. The van der Waals surface area contributed by atoms with Crippen LogP contribution in [0.1, 0.15) is 13.3 Å². The summed E-state index contributed by atoms with van der Waals surface area (Å²) in [7, 11) is 0. The third-order valence-corrected chi connectivity index (χ3v) is 1.02. The van der Waals surface area contributed by atoms with Gasteiger partial charge in [0.1, 0.15) is 0 Å². The molecule has 0 heterocycles. The van der Waals surface area contributed by atoms with E-state index in [1.165, 1.54) is 0 Å². The van der Waals surface area contributed by atoms with Crippen LogP contribution in [0.4, 0.5) is 0 Å². The van der Waals surface area contributed by atoms with Gasteiger partial charge in [-0.1, -0.05) is 0 Å². The minimum atomic E-state index is 0.712. The molecule has 0 bridgehead atoms. The monoisotopic (exact) mass is 129 g/mol. The topological polar surface area (TPSA) is 64.1 Å². The molecule has 0 amide bonds. The third-order valence-electron chi connectivity index (χ3n) is 1.02. The molecule has 0 aliphatic heterocycles. The largest absolute Gasteiger partial charge is 0.386 e. The summed E-state index contributed by atoms with van der Waals surface area (Å²) in [5.74, 6) is 0.725. The lowest BCUT2D eigenvalue weighted by molar-refractivity contribution is 0.725. The highest BCUT2D eigenvalue weighted by Gasteiger charge is 1.83. The van der Waals surface area contributed by atoms with Crippen molar-refractivity contribution in [3.05, 3.63) is 11.9 Å². The van der Waals surface area contributed by atoms with Gasteiger partial charge in [0.2, 0.25) is 0 Å². The summed E-state index contributed by atoms with van der Waals surface area (Å²) in [6, 6.07) is 0. The van der Waals surface area contributed by atoms with Crippen LogP contribution >= 0.6 is 0 Å². The van der Waals surface area contributed by atoms with Gasteiger partial charge >= 0.3 is 0 Å². The van der Waals surface area contributed by atoms with Crippen molar-refractivity contribution in [2.75, 3.05) is 13.1 Å². The average molecular weight is 129 g/mol. The lowest BCUT2D eigenvalue weighted by Crippen LogP contribution is -2.22. The number of hydrogen-bond acceptors (Lipinski definition) is 3. The van der Waals surface area contributed by atoms with E-state index < -0.39 is 0 Å². The molecular formula is C6H15N3. The van der Waals surface area contributed by atoms with Crippen molar-refractivity contribution in [3.63, 3.8) is 0 Å². The van der Waals surface area contributed by atoms with E-state index in [1.807, 2.05) is 13.0 Å². The summed E-state index contributed by atoms with van der Waals surface area (Å²) in [4.78, 5) is 0. The van der Waals surface area contributed by atoms with Crippen LogP contribution in [0.2, 0.25) is 0 Å². The fraction of sp³-hybridized carbons (Fsp3) is 0.667. The first-order valence-electron chi connectivity index (χ1n) is 3.17. The molecule has 0 aromatic heterocycles. The Kier molecular flexibility index (Phi) is 5.01. The Morgan fingerprint density at radius 1 is 1.67 bits per heavy atom. The highest BCUT2D eigenvalue weighted by molar-refractivity contribution is 4.89. The van der Waals surface area contributed by atoms with Crippen LogP contribution in [-0.2, 0) is 0 Å². The number of nitrogens with one attached hydrogen (secondary N) is 1. The Labute approximate surface area is 56.1 Å². The van der Waals surface area contributed by atoms with Crippen LogP contribution in [0, 0.1) is 0 Å². The van der Waals surface area contributed by atoms with Gasteiger partial charge in [-0.25, -0.2) is 0 Å². The Balaban J connectivity index is 3.07. The van der Waals surface area contributed by atoms with E-state index >= 15 is 0 Å². The van der Waals surface area contributed by atoms with Gasteiger partial charge in [-0.05, 0) is 26.0 Å². The molecule has 0 aromatic rings. The second kappa shape index (κ2) is 5.44. The number of allylic oxidation sites excluding steroid dienone is 1. The van der Waals surface area contributed by atoms with Crippen LogP contribution < -0.4 is 16.8 Å². The normalized spacial score (nSPS) is 11.6. The molecule has 0 spiro atoms. The van der Waals surface area contributed by atoms with Crippen molar-refractivity contribution >= 4 is 0 Å². The molecule has 54 valence electrons. The predicted octanol–water partition coefficient (Wildman–Crippen LogP) is -0.255. The molecule has 0 unspecified atom stereocenters. The fourth-order valence-electron chi connectivity index (χ4n) is 0.437. The van der Waals surface area contributed by atoms with Gasteiger partial charge in [0.25, 0.3) is 0 Å². The van der Waals surface area contributed by atoms with Crippen LogP contribution in [0.25, 0.3) is 0 Å². The second-order valence-electron chi connectivity index (χ2n) is 1.81. The van der Waals surface area contributed by atoms with Gasteiger partial charge in [-0.3, -0.25) is 0 Å². The molecule has 0 aliphatic carbocycles. The van der Waals surface area contributed by atoms with Crippen molar-refractivity contribution in [2.24, 2.45) is 11.5 Å². The highest BCUT2D eigenvalue weighted by atomic mass is 15.0. The Morgan fingerprint density at radius 3 is 2.78 bits per heavy atom. The molecular weight excluding hydrogens is 114 g/mol. The summed E-state index contributed by atoms with van der Waals surface area (Å²) in [6.45, 7) is 3.47.